The molecule has 6 rings (SSSR count). The van der Waals surface area contributed by atoms with Gasteiger partial charge in [-0.25, -0.2) is 4.79 Å². The summed E-state index contributed by atoms with van der Waals surface area (Å²) in [5.41, 5.74) is 3.61. The Kier molecular flexibility index (Phi) is 4.21. The largest absolute Gasteiger partial charge is 0.497 e. The molecule has 0 fully saturated rings. The number of fused-ring (bicyclic) bond motifs is 4. The van der Waals surface area contributed by atoms with E-state index in [1.165, 1.54) is 6.07 Å². The van der Waals surface area contributed by atoms with E-state index in [2.05, 4.69) is 4.90 Å². The zero-order valence-corrected chi connectivity index (χ0v) is 17.3. The zero-order chi connectivity index (χ0) is 21.7. The van der Waals surface area contributed by atoms with Crippen molar-refractivity contribution in [2.45, 2.75) is 6.54 Å². The fourth-order valence-electron chi connectivity index (χ4n) is 4.19. The maximum Gasteiger partial charge on any atom is 0.336 e. The minimum Gasteiger partial charge on any atom is -0.497 e. The Morgan fingerprint density at radius 3 is 2.53 bits per heavy atom. The van der Waals surface area contributed by atoms with Gasteiger partial charge in [-0.3, -0.25) is 0 Å². The van der Waals surface area contributed by atoms with Crippen LogP contribution in [-0.2, 0) is 6.54 Å². The number of hydrogen-bond donors (Lipinski definition) is 0. The van der Waals surface area contributed by atoms with E-state index < -0.39 is 5.63 Å². The molecule has 0 atom stereocenters. The van der Waals surface area contributed by atoms with Crippen molar-refractivity contribution in [1.29, 1.82) is 0 Å². The molecule has 1 aromatic heterocycles. The van der Waals surface area contributed by atoms with Crippen LogP contribution in [0.3, 0.4) is 0 Å². The summed E-state index contributed by atoms with van der Waals surface area (Å²) in [5, 5.41) is 0.852. The number of ether oxygens (including phenoxy) is 4. The van der Waals surface area contributed by atoms with Crippen LogP contribution in [-0.4, -0.2) is 20.6 Å². The molecule has 7 nitrogen and oxygen atoms in total. The van der Waals surface area contributed by atoms with Gasteiger partial charge in [0.25, 0.3) is 0 Å². The van der Waals surface area contributed by atoms with E-state index in [1.807, 2.05) is 54.6 Å². The highest BCUT2D eigenvalue weighted by Gasteiger charge is 2.24. The molecular formula is C25H19NO6. The Balaban J connectivity index is 1.44. The van der Waals surface area contributed by atoms with Crippen molar-refractivity contribution in [2.75, 3.05) is 25.5 Å². The van der Waals surface area contributed by atoms with E-state index in [0.29, 0.717) is 30.4 Å². The molecule has 0 amide bonds. The van der Waals surface area contributed by atoms with Crippen molar-refractivity contribution in [2.24, 2.45) is 0 Å². The quantitative estimate of drug-likeness (QED) is 0.443. The van der Waals surface area contributed by atoms with Gasteiger partial charge in [-0.2, -0.15) is 0 Å². The SMILES string of the molecule is COc1ccc(-c2cc(=O)oc3c4c(ccc23)OCN(c2ccc3c(c2)OCO3)C4)cc1. The van der Waals surface area contributed by atoms with E-state index in [9.17, 15) is 4.79 Å². The lowest BCUT2D eigenvalue weighted by molar-refractivity contribution is 0.174. The minimum absolute atomic E-state index is 0.224. The number of benzene rings is 3. The molecule has 2 aliphatic rings. The second-order valence-electron chi connectivity index (χ2n) is 7.64. The normalized spacial score (nSPS) is 14.2. The average molecular weight is 429 g/mol. The second kappa shape index (κ2) is 7.23. The summed E-state index contributed by atoms with van der Waals surface area (Å²) >= 11 is 0. The Morgan fingerprint density at radius 1 is 0.875 bits per heavy atom. The molecule has 0 spiro atoms. The summed E-state index contributed by atoms with van der Waals surface area (Å²) in [6, 6.07) is 18.8. The maximum atomic E-state index is 12.5. The lowest BCUT2D eigenvalue weighted by atomic mass is 9.99. The van der Waals surface area contributed by atoms with Crippen LogP contribution in [0.5, 0.6) is 23.0 Å². The molecule has 0 aliphatic carbocycles. The maximum absolute atomic E-state index is 12.5. The van der Waals surface area contributed by atoms with Gasteiger partial charge in [0.15, 0.2) is 18.2 Å². The fourth-order valence-corrected chi connectivity index (χ4v) is 4.19. The lowest BCUT2D eigenvalue weighted by Crippen LogP contribution is -2.32. The van der Waals surface area contributed by atoms with Gasteiger partial charge in [-0.1, -0.05) is 12.1 Å². The average Bonchev–Trinajstić information content (AvgIpc) is 3.31. The third-order valence-corrected chi connectivity index (χ3v) is 5.82. The smallest absolute Gasteiger partial charge is 0.336 e. The van der Waals surface area contributed by atoms with Crippen molar-refractivity contribution >= 4 is 16.7 Å². The number of hydrogen-bond acceptors (Lipinski definition) is 7. The van der Waals surface area contributed by atoms with Gasteiger partial charge in [0.1, 0.15) is 17.1 Å². The first kappa shape index (κ1) is 18.6. The zero-order valence-electron chi connectivity index (χ0n) is 17.3. The van der Waals surface area contributed by atoms with E-state index in [1.54, 1.807) is 7.11 Å². The van der Waals surface area contributed by atoms with Crippen LogP contribution in [0, 0.1) is 0 Å². The van der Waals surface area contributed by atoms with Crippen LogP contribution in [0.2, 0.25) is 0 Å². The third kappa shape index (κ3) is 3.01. The molecule has 0 N–H and O–H groups in total. The van der Waals surface area contributed by atoms with Crippen LogP contribution in [0.25, 0.3) is 22.1 Å². The van der Waals surface area contributed by atoms with Crippen LogP contribution in [0.15, 0.2) is 69.9 Å². The first-order valence-electron chi connectivity index (χ1n) is 10.2. The molecule has 4 aromatic rings. The van der Waals surface area contributed by atoms with Gasteiger partial charge in [-0.15, -0.1) is 0 Å². The standard InChI is InChI=1S/C25H19NO6/c1-28-17-5-2-15(3-6-17)19-11-24(27)32-25-18(19)7-9-21-20(25)12-26(13-29-21)16-4-8-22-23(10-16)31-14-30-22/h2-11H,12-14H2,1H3. The summed E-state index contributed by atoms with van der Waals surface area (Å²) in [6.45, 7) is 1.13. The summed E-state index contributed by atoms with van der Waals surface area (Å²) < 4.78 is 27.9. The molecule has 3 aromatic carbocycles. The van der Waals surface area contributed by atoms with Crippen molar-refractivity contribution in [1.82, 2.24) is 0 Å². The van der Waals surface area contributed by atoms with E-state index >= 15 is 0 Å². The Morgan fingerprint density at radius 2 is 1.69 bits per heavy atom. The highest BCUT2D eigenvalue weighted by molar-refractivity contribution is 5.96. The fraction of sp³-hybridized carbons (Fsp3) is 0.160. The molecule has 0 saturated carbocycles. The van der Waals surface area contributed by atoms with Gasteiger partial charge in [0.2, 0.25) is 6.79 Å². The molecule has 0 bridgehead atoms. The summed E-state index contributed by atoms with van der Waals surface area (Å²) in [4.78, 5) is 14.5. The molecule has 0 saturated heterocycles. The molecule has 0 radical (unpaired) electrons. The molecule has 3 heterocycles. The lowest BCUT2D eigenvalue weighted by Gasteiger charge is -2.31. The summed E-state index contributed by atoms with van der Waals surface area (Å²) in [6.07, 6.45) is 0. The summed E-state index contributed by atoms with van der Waals surface area (Å²) in [5.74, 6) is 2.91. The Hall–Kier alpha value is -4.13. The van der Waals surface area contributed by atoms with Gasteiger partial charge in [0.05, 0.1) is 19.2 Å². The van der Waals surface area contributed by atoms with Crippen molar-refractivity contribution in [3.8, 4) is 34.1 Å². The van der Waals surface area contributed by atoms with Crippen LogP contribution in [0.4, 0.5) is 5.69 Å². The monoisotopic (exact) mass is 429 g/mol. The van der Waals surface area contributed by atoms with Crippen LogP contribution >= 0.6 is 0 Å². The molecule has 2 aliphatic heterocycles. The van der Waals surface area contributed by atoms with Crippen molar-refractivity contribution < 1.29 is 23.4 Å². The number of rotatable bonds is 3. The number of anilines is 1. The Labute approximate surface area is 183 Å². The predicted molar refractivity (Wildman–Crippen MR) is 119 cm³/mol. The second-order valence-corrected chi connectivity index (χ2v) is 7.64. The molecular weight excluding hydrogens is 410 g/mol. The van der Waals surface area contributed by atoms with Crippen molar-refractivity contribution in [3.63, 3.8) is 0 Å². The minimum atomic E-state index is -0.406. The van der Waals surface area contributed by atoms with E-state index in [-0.39, 0.29) is 6.79 Å². The highest BCUT2D eigenvalue weighted by Crippen LogP contribution is 2.40. The van der Waals surface area contributed by atoms with Gasteiger partial charge in [-0.05, 0) is 47.5 Å². The number of nitrogens with zero attached hydrogens (tertiary/aromatic N) is 1. The van der Waals surface area contributed by atoms with Gasteiger partial charge >= 0.3 is 5.63 Å². The molecule has 160 valence electrons. The first-order chi connectivity index (χ1) is 15.7. The Bertz CT molecular complexity index is 1390. The summed E-state index contributed by atoms with van der Waals surface area (Å²) in [7, 11) is 1.62. The van der Waals surface area contributed by atoms with E-state index in [4.69, 9.17) is 23.4 Å². The predicted octanol–water partition coefficient (Wildman–Crippen LogP) is 4.55. The topological polar surface area (TPSA) is 70.4 Å². The molecule has 0 unspecified atom stereocenters. The number of methoxy groups -OCH3 is 1. The molecule has 7 heteroatoms. The van der Waals surface area contributed by atoms with Crippen LogP contribution < -0.4 is 29.5 Å². The van der Waals surface area contributed by atoms with Crippen molar-refractivity contribution in [3.05, 3.63) is 76.6 Å². The molecule has 32 heavy (non-hydrogen) atoms. The van der Waals surface area contributed by atoms with Gasteiger partial charge < -0.3 is 28.3 Å². The van der Waals surface area contributed by atoms with E-state index in [0.717, 1.165) is 39.3 Å². The highest BCUT2D eigenvalue weighted by atomic mass is 16.7. The first-order valence-corrected chi connectivity index (χ1v) is 10.2. The van der Waals surface area contributed by atoms with Gasteiger partial charge in [0, 0.05) is 23.2 Å². The third-order valence-electron chi connectivity index (χ3n) is 5.82. The van der Waals surface area contributed by atoms with Crippen LogP contribution in [0.1, 0.15) is 5.56 Å².